The van der Waals surface area contributed by atoms with Crippen molar-refractivity contribution in [1.82, 2.24) is 10.6 Å². The van der Waals surface area contributed by atoms with Crippen molar-refractivity contribution in [1.29, 1.82) is 0 Å². The summed E-state index contributed by atoms with van der Waals surface area (Å²) in [4.78, 5) is 24.2. The molecular formula is C13H18N2O3S. The molecule has 0 bridgehead atoms. The molecule has 1 aliphatic rings. The lowest BCUT2D eigenvalue weighted by atomic mass is 9.96. The Hall–Kier alpha value is -1.56. The molecule has 1 fully saturated rings. The summed E-state index contributed by atoms with van der Waals surface area (Å²) in [5, 5.41) is 16.5. The fraction of sp³-hybridized carbons (Fsp3) is 0.538. The van der Waals surface area contributed by atoms with E-state index in [2.05, 4.69) is 10.6 Å². The summed E-state index contributed by atoms with van der Waals surface area (Å²) in [6.45, 7) is 2.08. The van der Waals surface area contributed by atoms with Crippen LogP contribution in [0.1, 0.15) is 24.6 Å². The van der Waals surface area contributed by atoms with E-state index >= 15 is 0 Å². The van der Waals surface area contributed by atoms with Crippen LogP contribution in [-0.2, 0) is 11.2 Å². The standard InChI is InChI=1S/C13H18N2O3S/c1-13(11(16)17,9-4-5-9)15-12(18)14-7-6-10-3-2-8-19-10/h2-3,8-9H,4-7H2,1H3,(H,16,17)(H2,14,15,18). The van der Waals surface area contributed by atoms with Gasteiger partial charge in [-0.1, -0.05) is 6.07 Å². The Morgan fingerprint density at radius 2 is 2.26 bits per heavy atom. The van der Waals surface area contributed by atoms with Gasteiger partial charge in [0, 0.05) is 11.4 Å². The van der Waals surface area contributed by atoms with Gasteiger partial charge in [-0.15, -0.1) is 11.3 Å². The highest BCUT2D eigenvalue weighted by Crippen LogP contribution is 2.39. The molecule has 0 aromatic carbocycles. The van der Waals surface area contributed by atoms with E-state index in [4.69, 9.17) is 0 Å². The molecule has 1 aromatic heterocycles. The highest BCUT2D eigenvalue weighted by atomic mass is 32.1. The largest absolute Gasteiger partial charge is 0.480 e. The summed E-state index contributed by atoms with van der Waals surface area (Å²) in [7, 11) is 0. The van der Waals surface area contributed by atoms with Crippen LogP contribution in [-0.4, -0.2) is 29.2 Å². The Morgan fingerprint density at radius 3 is 2.79 bits per heavy atom. The molecule has 104 valence electrons. The smallest absolute Gasteiger partial charge is 0.329 e. The molecule has 1 heterocycles. The number of carbonyl (C=O) groups is 2. The molecule has 6 heteroatoms. The van der Waals surface area contributed by atoms with Crippen LogP contribution in [0.15, 0.2) is 17.5 Å². The minimum atomic E-state index is -1.15. The lowest BCUT2D eigenvalue weighted by Gasteiger charge is -2.26. The van der Waals surface area contributed by atoms with Crippen molar-refractivity contribution >= 4 is 23.3 Å². The molecule has 0 saturated heterocycles. The van der Waals surface area contributed by atoms with Gasteiger partial charge in [0.2, 0.25) is 0 Å². The first-order valence-electron chi connectivity index (χ1n) is 6.34. The van der Waals surface area contributed by atoms with Gasteiger partial charge in [-0.05, 0) is 43.6 Å². The Morgan fingerprint density at radius 1 is 1.53 bits per heavy atom. The first-order chi connectivity index (χ1) is 9.02. The average molecular weight is 282 g/mol. The van der Waals surface area contributed by atoms with E-state index in [-0.39, 0.29) is 5.92 Å². The highest BCUT2D eigenvalue weighted by Gasteiger charge is 2.48. The van der Waals surface area contributed by atoms with Gasteiger partial charge in [-0.3, -0.25) is 0 Å². The van der Waals surface area contributed by atoms with E-state index in [0.717, 1.165) is 19.3 Å². The van der Waals surface area contributed by atoms with Crippen molar-refractivity contribution < 1.29 is 14.7 Å². The zero-order valence-electron chi connectivity index (χ0n) is 10.8. The number of carboxylic acid groups (broad SMARTS) is 1. The van der Waals surface area contributed by atoms with Crippen LogP contribution in [0.4, 0.5) is 4.79 Å². The van der Waals surface area contributed by atoms with Crippen molar-refractivity contribution in [2.75, 3.05) is 6.54 Å². The van der Waals surface area contributed by atoms with E-state index in [1.165, 1.54) is 4.88 Å². The van der Waals surface area contributed by atoms with Crippen LogP contribution in [0.5, 0.6) is 0 Å². The Kier molecular flexibility index (Phi) is 4.09. The van der Waals surface area contributed by atoms with Gasteiger partial charge < -0.3 is 15.7 Å². The van der Waals surface area contributed by atoms with Crippen molar-refractivity contribution in [2.24, 2.45) is 5.92 Å². The number of aliphatic carboxylic acids is 1. The molecule has 1 atom stereocenters. The van der Waals surface area contributed by atoms with E-state index in [0.29, 0.717) is 6.54 Å². The summed E-state index contributed by atoms with van der Waals surface area (Å²) in [6.07, 6.45) is 2.48. The second-order valence-electron chi connectivity index (χ2n) is 4.99. The minimum absolute atomic E-state index is 0.0491. The first-order valence-corrected chi connectivity index (χ1v) is 7.22. The fourth-order valence-corrected chi connectivity index (χ4v) is 2.73. The van der Waals surface area contributed by atoms with Crippen LogP contribution < -0.4 is 10.6 Å². The zero-order valence-corrected chi connectivity index (χ0v) is 11.6. The number of urea groups is 1. The van der Waals surface area contributed by atoms with Gasteiger partial charge in [0.15, 0.2) is 0 Å². The third kappa shape index (κ3) is 3.47. The van der Waals surface area contributed by atoms with E-state index in [1.807, 2.05) is 17.5 Å². The zero-order chi connectivity index (χ0) is 13.9. The van der Waals surface area contributed by atoms with Gasteiger partial charge in [-0.2, -0.15) is 0 Å². The van der Waals surface area contributed by atoms with Crippen molar-refractivity contribution in [3.8, 4) is 0 Å². The lowest BCUT2D eigenvalue weighted by molar-refractivity contribution is -0.144. The summed E-state index contributed by atoms with van der Waals surface area (Å²) < 4.78 is 0. The monoisotopic (exact) mass is 282 g/mol. The molecule has 1 unspecified atom stereocenters. The molecule has 1 aromatic rings. The number of hydrogen-bond donors (Lipinski definition) is 3. The fourth-order valence-electron chi connectivity index (χ4n) is 2.02. The summed E-state index contributed by atoms with van der Waals surface area (Å²) in [6, 6.07) is 3.57. The second kappa shape index (κ2) is 5.61. The minimum Gasteiger partial charge on any atom is -0.480 e. The quantitative estimate of drug-likeness (QED) is 0.745. The van der Waals surface area contributed by atoms with Gasteiger partial charge >= 0.3 is 12.0 Å². The molecule has 2 amide bonds. The predicted molar refractivity (Wildman–Crippen MR) is 73.3 cm³/mol. The summed E-state index contributed by atoms with van der Waals surface area (Å²) >= 11 is 1.64. The first kappa shape index (κ1) is 13.9. The van der Waals surface area contributed by atoms with E-state index in [9.17, 15) is 14.7 Å². The Balaban J connectivity index is 1.78. The van der Waals surface area contributed by atoms with Crippen molar-refractivity contribution in [2.45, 2.75) is 31.7 Å². The van der Waals surface area contributed by atoms with Gasteiger partial charge in [0.05, 0.1) is 0 Å². The highest BCUT2D eigenvalue weighted by molar-refractivity contribution is 7.09. The molecule has 2 rings (SSSR count). The molecule has 19 heavy (non-hydrogen) atoms. The molecule has 1 aliphatic carbocycles. The number of amides is 2. The third-order valence-corrected chi connectivity index (χ3v) is 4.38. The maximum Gasteiger partial charge on any atom is 0.329 e. The van der Waals surface area contributed by atoms with Gasteiger partial charge in [-0.25, -0.2) is 9.59 Å². The maximum absolute atomic E-state index is 11.7. The molecule has 0 aliphatic heterocycles. The van der Waals surface area contributed by atoms with E-state index in [1.54, 1.807) is 18.3 Å². The third-order valence-electron chi connectivity index (χ3n) is 3.45. The van der Waals surface area contributed by atoms with Crippen molar-refractivity contribution in [3.05, 3.63) is 22.4 Å². The van der Waals surface area contributed by atoms with Crippen LogP contribution in [0.2, 0.25) is 0 Å². The molecule has 0 spiro atoms. The Labute approximate surface area is 116 Å². The molecule has 1 saturated carbocycles. The van der Waals surface area contributed by atoms with Crippen LogP contribution in [0, 0.1) is 5.92 Å². The number of rotatable bonds is 6. The number of carbonyl (C=O) groups excluding carboxylic acids is 1. The number of hydrogen-bond acceptors (Lipinski definition) is 3. The number of nitrogens with one attached hydrogen (secondary N) is 2. The summed E-state index contributed by atoms with van der Waals surface area (Å²) in [5.41, 5.74) is -1.15. The van der Waals surface area contributed by atoms with Crippen molar-refractivity contribution in [3.63, 3.8) is 0 Å². The number of carboxylic acids is 1. The topological polar surface area (TPSA) is 78.4 Å². The Bertz CT molecular complexity index is 456. The van der Waals surface area contributed by atoms with Crippen LogP contribution in [0.25, 0.3) is 0 Å². The SMILES string of the molecule is CC(NC(=O)NCCc1cccs1)(C(=O)O)C1CC1. The molecule has 3 N–H and O–H groups in total. The maximum atomic E-state index is 11.7. The van der Waals surface area contributed by atoms with Crippen LogP contribution in [0.3, 0.4) is 0 Å². The number of thiophene rings is 1. The second-order valence-corrected chi connectivity index (χ2v) is 6.02. The molecule has 0 radical (unpaired) electrons. The molecule has 5 nitrogen and oxygen atoms in total. The lowest BCUT2D eigenvalue weighted by Crippen LogP contribution is -2.56. The predicted octanol–water partition coefficient (Wildman–Crippen LogP) is 1.84. The van der Waals surface area contributed by atoms with Gasteiger partial charge in [0.25, 0.3) is 0 Å². The molecular weight excluding hydrogens is 264 g/mol. The normalized spacial score (nSPS) is 17.5. The van der Waals surface area contributed by atoms with Crippen LogP contribution >= 0.6 is 11.3 Å². The summed E-state index contributed by atoms with van der Waals surface area (Å²) in [5.74, 6) is -0.920. The average Bonchev–Trinajstić information content (AvgIpc) is 3.08. The van der Waals surface area contributed by atoms with E-state index < -0.39 is 17.5 Å². The van der Waals surface area contributed by atoms with Gasteiger partial charge in [0.1, 0.15) is 5.54 Å².